The Morgan fingerprint density at radius 2 is 2.28 bits per heavy atom. The molecule has 0 fully saturated rings. The number of nitrogens with zero attached hydrogens (tertiary/aromatic N) is 2. The molecule has 0 spiro atoms. The third-order valence-corrected chi connectivity index (χ3v) is 2.02. The maximum Gasteiger partial charge on any atom is 0.341 e. The Labute approximate surface area is 103 Å². The number of carboxylic acids is 1. The Balaban J connectivity index is 3.39. The van der Waals surface area contributed by atoms with E-state index >= 15 is 0 Å². The molecule has 0 atom stereocenters. The molecule has 0 aliphatic rings. The van der Waals surface area contributed by atoms with Gasteiger partial charge in [-0.1, -0.05) is 0 Å². The van der Waals surface area contributed by atoms with Crippen LogP contribution in [0.2, 0.25) is 0 Å². The summed E-state index contributed by atoms with van der Waals surface area (Å²) in [5, 5.41) is 22.5. The molecule has 18 heavy (non-hydrogen) atoms. The molecule has 0 saturated carbocycles. The summed E-state index contributed by atoms with van der Waals surface area (Å²) in [5.41, 5.74) is -0.720. The molecule has 0 aliphatic heterocycles. The number of nitrogens with one attached hydrogen (secondary N) is 1. The van der Waals surface area contributed by atoms with Crippen LogP contribution in [0.5, 0.6) is 5.88 Å². The van der Waals surface area contributed by atoms with Gasteiger partial charge in [-0.3, -0.25) is 10.1 Å². The van der Waals surface area contributed by atoms with Crippen molar-refractivity contribution in [2.24, 2.45) is 0 Å². The predicted octanol–water partition coefficient (Wildman–Crippen LogP) is 1.52. The van der Waals surface area contributed by atoms with Crippen LogP contribution in [0.4, 0.5) is 11.5 Å². The van der Waals surface area contributed by atoms with Crippen molar-refractivity contribution in [3.05, 3.63) is 21.7 Å². The van der Waals surface area contributed by atoms with Gasteiger partial charge >= 0.3 is 11.7 Å². The molecule has 8 nitrogen and oxygen atoms in total. The number of nitro groups is 1. The van der Waals surface area contributed by atoms with E-state index in [1.54, 1.807) is 13.8 Å². The second-order valence-electron chi connectivity index (χ2n) is 3.23. The predicted molar refractivity (Wildman–Crippen MR) is 63.2 cm³/mol. The molecule has 0 radical (unpaired) electrons. The highest BCUT2D eigenvalue weighted by molar-refractivity contribution is 5.92. The molecular formula is C10H13N3O5. The fraction of sp³-hybridized carbons (Fsp3) is 0.400. The van der Waals surface area contributed by atoms with E-state index in [-0.39, 0.29) is 23.9 Å². The molecule has 0 saturated heterocycles. The molecule has 8 heteroatoms. The first kappa shape index (κ1) is 13.7. The smallest absolute Gasteiger partial charge is 0.341 e. The third-order valence-electron chi connectivity index (χ3n) is 2.02. The second-order valence-corrected chi connectivity index (χ2v) is 3.23. The van der Waals surface area contributed by atoms with Crippen LogP contribution in [0.1, 0.15) is 24.2 Å². The summed E-state index contributed by atoms with van der Waals surface area (Å²) >= 11 is 0. The zero-order valence-electron chi connectivity index (χ0n) is 9.97. The second kappa shape index (κ2) is 5.80. The fourth-order valence-electron chi connectivity index (χ4n) is 1.32. The minimum atomic E-state index is -1.32. The summed E-state index contributed by atoms with van der Waals surface area (Å²) < 4.78 is 5.07. The van der Waals surface area contributed by atoms with Gasteiger partial charge in [0.15, 0.2) is 0 Å². The van der Waals surface area contributed by atoms with Gasteiger partial charge in [-0.05, 0) is 13.8 Å². The quantitative estimate of drug-likeness (QED) is 0.584. The van der Waals surface area contributed by atoms with Gasteiger partial charge in [0.05, 0.1) is 11.5 Å². The maximum atomic E-state index is 11.0. The van der Waals surface area contributed by atoms with E-state index in [2.05, 4.69) is 10.3 Å². The van der Waals surface area contributed by atoms with Crippen LogP contribution in [0.25, 0.3) is 0 Å². The van der Waals surface area contributed by atoms with E-state index in [0.717, 1.165) is 6.07 Å². The molecule has 1 heterocycles. The summed E-state index contributed by atoms with van der Waals surface area (Å²) in [6.45, 7) is 4.06. The average molecular weight is 255 g/mol. The normalized spacial score (nSPS) is 9.89. The molecule has 1 aromatic heterocycles. The molecule has 2 N–H and O–H groups in total. The van der Waals surface area contributed by atoms with Crippen LogP contribution < -0.4 is 10.1 Å². The van der Waals surface area contributed by atoms with E-state index in [1.807, 2.05) is 0 Å². The van der Waals surface area contributed by atoms with Gasteiger partial charge in [0, 0.05) is 12.6 Å². The average Bonchev–Trinajstić information content (AvgIpc) is 2.29. The van der Waals surface area contributed by atoms with E-state index < -0.39 is 16.6 Å². The van der Waals surface area contributed by atoms with Crippen LogP contribution in [-0.4, -0.2) is 34.1 Å². The van der Waals surface area contributed by atoms with Crippen molar-refractivity contribution in [2.75, 3.05) is 18.5 Å². The van der Waals surface area contributed by atoms with Crippen molar-refractivity contribution in [2.45, 2.75) is 13.8 Å². The fourth-order valence-corrected chi connectivity index (χ4v) is 1.32. The molecule has 1 aromatic rings. The van der Waals surface area contributed by atoms with Gasteiger partial charge in [-0.25, -0.2) is 4.79 Å². The molecular weight excluding hydrogens is 242 g/mol. The number of carbonyl (C=O) groups is 1. The van der Waals surface area contributed by atoms with E-state index in [1.165, 1.54) is 0 Å². The molecule has 0 amide bonds. The van der Waals surface area contributed by atoms with Crippen LogP contribution >= 0.6 is 0 Å². The molecule has 0 aromatic carbocycles. The van der Waals surface area contributed by atoms with Crippen molar-refractivity contribution in [1.82, 2.24) is 4.98 Å². The Hall–Kier alpha value is -2.38. The topological polar surface area (TPSA) is 115 Å². The Bertz CT molecular complexity index is 436. The van der Waals surface area contributed by atoms with Crippen molar-refractivity contribution in [3.63, 3.8) is 0 Å². The molecule has 98 valence electrons. The lowest BCUT2D eigenvalue weighted by atomic mass is 10.2. The number of rotatable bonds is 6. The van der Waals surface area contributed by atoms with Gasteiger partial charge < -0.3 is 15.2 Å². The van der Waals surface area contributed by atoms with Gasteiger partial charge in [0.25, 0.3) is 0 Å². The number of anilines is 1. The molecule has 0 bridgehead atoms. The summed E-state index contributed by atoms with van der Waals surface area (Å²) in [5.74, 6) is -1.46. The van der Waals surface area contributed by atoms with Gasteiger partial charge in [0.2, 0.25) is 11.7 Å². The standard InChI is InChI=1S/C10H13N3O5/c1-3-11-8-7(13(16)17)5-6(10(14)15)9(12-8)18-4-2/h5H,3-4H2,1-2H3,(H,11,12)(H,14,15). The van der Waals surface area contributed by atoms with E-state index in [0.29, 0.717) is 6.54 Å². The van der Waals surface area contributed by atoms with E-state index in [9.17, 15) is 14.9 Å². The first-order valence-corrected chi connectivity index (χ1v) is 5.30. The third kappa shape index (κ3) is 2.84. The number of pyridine rings is 1. The van der Waals surface area contributed by atoms with Crippen LogP contribution in [0, 0.1) is 10.1 Å². The van der Waals surface area contributed by atoms with Gasteiger partial charge in [0.1, 0.15) is 5.56 Å². The highest BCUT2D eigenvalue weighted by atomic mass is 16.6. The van der Waals surface area contributed by atoms with E-state index in [4.69, 9.17) is 9.84 Å². The van der Waals surface area contributed by atoms with Crippen molar-refractivity contribution >= 4 is 17.5 Å². The summed E-state index contributed by atoms with van der Waals surface area (Å²) in [7, 11) is 0. The number of ether oxygens (including phenoxy) is 1. The van der Waals surface area contributed by atoms with Crippen molar-refractivity contribution < 1.29 is 19.6 Å². The lowest BCUT2D eigenvalue weighted by Crippen LogP contribution is -2.10. The highest BCUT2D eigenvalue weighted by Crippen LogP contribution is 2.29. The van der Waals surface area contributed by atoms with Crippen molar-refractivity contribution in [3.8, 4) is 5.88 Å². The first-order valence-electron chi connectivity index (χ1n) is 5.30. The lowest BCUT2D eigenvalue weighted by Gasteiger charge is -2.09. The number of aromatic carboxylic acids is 1. The number of hydrogen-bond acceptors (Lipinski definition) is 6. The highest BCUT2D eigenvalue weighted by Gasteiger charge is 2.23. The lowest BCUT2D eigenvalue weighted by molar-refractivity contribution is -0.384. The van der Waals surface area contributed by atoms with Crippen molar-refractivity contribution in [1.29, 1.82) is 0 Å². The SMILES string of the molecule is CCNc1nc(OCC)c(C(=O)O)cc1[N+](=O)[O-]. The zero-order valence-corrected chi connectivity index (χ0v) is 9.97. The Morgan fingerprint density at radius 1 is 1.61 bits per heavy atom. The molecule has 0 unspecified atom stereocenters. The number of hydrogen-bond donors (Lipinski definition) is 2. The number of carboxylic acid groups (broad SMARTS) is 1. The summed E-state index contributed by atoms with van der Waals surface area (Å²) in [4.78, 5) is 25.0. The molecule has 0 aliphatic carbocycles. The summed E-state index contributed by atoms with van der Waals surface area (Å²) in [6.07, 6.45) is 0. The van der Waals surface area contributed by atoms with Crippen LogP contribution in [-0.2, 0) is 0 Å². The van der Waals surface area contributed by atoms with Gasteiger partial charge in [-0.15, -0.1) is 0 Å². The van der Waals surface area contributed by atoms with Crippen LogP contribution in [0.15, 0.2) is 6.07 Å². The van der Waals surface area contributed by atoms with Gasteiger partial charge in [-0.2, -0.15) is 4.98 Å². The number of aromatic nitrogens is 1. The minimum absolute atomic E-state index is 0.00375. The van der Waals surface area contributed by atoms with Crippen LogP contribution in [0.3, 0.4) is 0 Å². The largest absolute Gasteiger partial charge is 0.477 e. The monoisotopic (exact) mass is 255 g/mol. The minimum Gasteiger partial charge on any atom is -0.477 e. The Morgan fingerprint density at radius 3 is 2.72 bits per heavy atom. The summed E-state index contributed by atoms with van der Waals surface area (Å²) in [6, 6.07) is 0.943. The first-order chi connectivity index (χ1) is 8.51. The Kier molecular flexibility index (Phi) is 4.41. The maximum absolute atomic E-state index is 11.0. The molecule has 1 rings (SSSR count). The zero-order chi connectivity index (χ0) is 13.7.